The van der Waals surface area contributed by atoms with Gasteiger partial charge >= 0.3 is 5.97 Å². The Labute approximate surface area is 186 Å². The summed E-state index contributed by atoms with van der Waals surface area (Å²) in [5.41, 5.74) is 0.521. The molecule has 0 heterocycles. The first-order chi connectivity index (χ1) is 14.6. The summed E-state index contributed by atoms with van der Waals surface area (Å²) < 4.78 is 44.6. The summed E-state index contributed by atoms with van der Waals surface area (Å²) in [6.45, 7) is 5.07. The van der Waals surface area contributed by atoms with E-state index in [9.17, 15) is 22.4 Å². The van der Waals surface area contributed by atoms with Gasteiger partial charge < -0.3 is 10.1 Å². The van der Waals surface area contributed by atoms with E-state index in [2.05, 4.69) is 5.32 Å². The van der Waals surface area contributed by atoms with Gasteiger partial charge in [0.1, 0.15) is 5.82 Å². The van der Waals surface area contributed by atoms with E-state index >= 15 is 0 Å². The molecule has 0 bridgehead atoms. The Bertz CT molecular complexity index is 1040. The standard InChI is InChI=1S/C21H24ClFN2O5S/c1-4-25(5-2)31(28,29)17-10-11-19(22)18(12-17)21(27)30-13-20(26)24-14(3)15-6-8-16(23)9-7-15/h6-12,14H,4-5,13H2,1-3H3,(H,24,26)/t14-/m1/s1. The lowest BCUT2D eigenvalue weighted by Crippen LogP contribution is -2.31. The first kappa shape index (κ1) is 24.8. The highest BCUT2D eigenvalue weighted by atomic mass is 35.5. The van der Waals surface area contributed by atoms with Crippen LogP contribution in [0.25, 0.3) is 0 Å². The quantitative estimate of drug-likeness (QED) is 0.566. The average Bonchev–Trinajstić information content (AvgIpc) is 2.73. The van der Waals surface area contributed by atoms with Crippen molar-refractivity contribution in [3.63, 3.8) is 0 Å². The number of ether oxygens (including phenoxy) is 1. The van der Waals surface area contributed by atoms with Crippen molar-refractivity contribution in [3.8, 4) is 0 Å². The smallest absolute Gasteiger partial charge is 0.340 e. The van der Waals surface area contributed by atoms with Crippen molar-refractivity contribution in [3.05, 3.63) is 64.4 Å². The topological polar surface area (TPSA) is 92.8 Å². The molecule has 2 aromatic rings. The number of amides is 1. The van der Waals surface area contributed by atoms with E-state index in [1.807, 2.05) is 0 Å². The lowest BCUT2D eigenvalue weighted by molar-refractivity contribution is -0.124. The SMILES string of the molecule is CCN(CC)S(=O)(=O)c1ccc(Cl)c(C(=O)OCC(=O)N[C@H](C)c2ccc(F)cc2)c1. The van der Waals surface area contributed by atoms with Gasteiger partial charge in [-0.1, -0.05) is 37.6 Å². The summed E-state index contributed by atoms with van der Waals surface area (Å²) in [4.78, 5) is 24.4. The van der Waals surface area contributed by atoms with Crippen LogP contribution in [0.3, 0.4) is 0 Å². The Balaban J connectivity index is 2.06. The van der Waals surface area contributed by atoms with Crippen LogP contribution in [-0.2, 0) is 19.6 Å². The molecule has 0 radical (unpaired) electrons. The Hall–Kier alpha value is -2.49. The number of sulfonamides is 1. The second-order valence-corrected chi connectivity index (χ2v) is 8.99. The van der Waals surface area contributed by atoms with Crippen LogP contribution in [0.1, 0.15) is 42.7 Å². The van der Waals surface area contributed by atoms with Gasteiger partial charge in [-0.05, 0) is 42.8 Å². The molecule has 2 aromatic carbocycles. The zero-order valence-corrected chi connectivity index (χ0v) is 19.0. The molecule has 0 aliphatic carbocycles. The highest BCUT2D eigenvalue weighted by Gasteiger charge is 2.24. The van der Waals surface area contributed by atoms with Crippen molar-refractivity contribution < 1.29 is 27.1 Å². The predicted molar refractivity (Wildman–Crippen MR) is 115 cm³/mol. The fraction of sp³-hybridized carbons (Fsp3) is 0.333. The average molecular weight is 471 g/mol. The monoisotopic (exact) mass is 470 g/mol. The minimum Gasteiger partial charge on any atom is -0.452 e. The van der Waals surface area contributed by atoms with Gasteiger partial charge in [0.2, 0.25) is 10.0 Å². The van der Waals surface area contributed by atoms with Gasteiger partial charge in [-0.3, -0.25) is 4.79 Å². The molecular weight excluding hydrogens is 447 g/mol. The maximum Gasteiger partial charge on any atom is 0.340 e. The zero-order chi connectivity index (χ0) is 23.2. The third-order valence-corrected chi connectivity index (χ3v) is 6.96. The van der Waals surface area contributed by atoms with Crippen molar-refractivity contribution >= 4 is 33.5 Å². The normalized spacial score (nSPS) is 12.5. The molecule has 0 saturated carbocycles. The zero-order valence-electron chi connectivity index (χ0n) is 17.4. The Morgan fingerprint density at radius 1 is 1.13 bits per heavy atom. The fourth-order valence-corrected chi connectivity index (χ4v) is 4.54. The van der Waals surface area contributed by atoms with Crippen LogP contribution in [0.15, 0.2) is 47.4 Å². The minimum atomic E-state index is -3.79. The third-order valence-electron chi connectivity index (χ3n) is 4.58. The molecule has 0 aliphatic heterocycles. The summed E-state index contributed by atoms with van der Waals surface area (Å²) >= 11 is 6.04. The van der Waals surface area contributed by atoms with Crippen LogP contribution in [0.2, 0.25) is 5.02 Å². The number of nitrogens with one attached hydrogen (secondary N) is 1. The number of hydrogen-bond acceptors (Lipinski definition) is 5. The van der Waals surface area contributed by atoms with Gasteiger partial charge in [0, 0.05) is 13.1 Å². The molecule has 2 rings (SSSR count). The molecule has 7 nitrogen and oxygen atoms in total. The van der Waals surface area contributed by atoms with E-state index in [1.54, 1.807) is 20.8 Å². The van der Waals surface area contributed by atoms with Crippen LogP contribution in [-0.4, -0.2) is 44.3 Å². The second-order valence-electron chi connectivity index (χ2n) is 6.65. The van der Waals surface area contributed by atoms with Crippen LogP contribution in [0.4, 0.5) is 4.39 Å². The van der Waals surface area contributed by atoms with E-state index in [0.717, 1.165) is 6.07 Å². The van der Waals surface area contributed by atoms with Crippen molar-refractivity contribution in [2.75, 3.05) is 19.7 Å². The lowest BCUT2D eigenvalue weighted by atomic mass is 10.1. The first-order valence-electron chi connectivity index (χ1n) is 9.61. The predicted octanol–water partition coefficient (Wildman–Crippen LogP) is 3.54. The van der Waals surface area contributed by atoms with E-state index in [1.165, 1.54) is 40.7 Å². The van der Waals surface area contributed by atoms with Gasteiger partial charge in [-0.25, -0.2) is 17.6 Å². The lowest BCUT2D eigenvalue weighted by Gasteiger charge is -2.19. The molecule has 10 heteroatoms. The van der Waals surface area contributed by atoms with E-state index < -0.39 is 40.4 Å². The highest BCUT2D eigenvalue weighted by Crippen LogP contribution is 2.24. The van der Waals surface area contributed by atoms with E-state index in [0.29, 0.717) is 5.56 Å². The summed E-state index contributed by atoms with van der Waals surface area (Å²) in [6.07, 6.45) is 0. The number of carbonyl (C=O) groups is 2. The molecule has 0 unspecified atom stereocenters. The molecule has 31 heavy (non-hydrogen) atoms. The second kappa shape index (κ2) is 10.7. The van der Waals surface area contributed by atoms with Gasteiger partial charge in [-0.2, -0.15) is 4.31 Å². The van der Waals surface area contributed by atoms with Gasteiger partial charge in [-0.15, -0.1) is 0 Å². The number of halogens is 2. The van der Waals surface area contributed by atoms with Crippen LogP contribution in [0, 0.1) is 5.82 Å². The summed E-state index contributed by atoms with van der Waals surface area (Å²) in [5.74, 6) is -1.89. The molecule has 0 saturated heterocycles. The maximum atomic E-state index is 13.0. The number of nitrogens with zero attached hydrogens (tertiary/aromatic N) is 1. The number of esters is 1. The summed E-state index contributed by atoms with van der Waals surface area (Å²) in [7, 11) is -3.79. The molecule has 1 amide bonds. The fourth-order valence-electron chi connectivity index (χ4n) is 2.86. The van der Waals surface area contributed by atoms with Gasteiger partial charge in [0.25, 0.3) is 5.91 Å². The summed E-state index contributed by atoms with van der Waals surface area (Å²) in [6, 6.07) is 8.94. The van der Waals surface area contributed by atoms with Crippen molar-refractivity contribution in [2.24, 2.45) is 0 Å². The number of carbonyl (C=O) groups excluding carboxylic acids is 2. The number of hydrogen-bond donors (Lipinski definition) is 1. The Kier molecular flexibility index (Phi) is 8.55. The molecule has 1 N–H and O–H groups in total. The van der Waals surface area contributed by atoms with Gasteiger partial charge in [0.15, 0.2) is 6.61 Å². The molecule has 0 fully saturated rings. The molecular formula is C21H24ClFN2O5S. The highest BCUT2D eigenvalue weighted by molar-refractivity contribution is 7.89. The molecule has 0 aromatic heterocycles. The number of rotatable bonds is 9. The van der Waals surface area contributed by atoms with Crippen LogP contribution >= 0.6 is 11.6 Å². The molecule has 0 spiro atoms. The minimum absolute atomic E-state index is 0.00332. The van der Waals surface area contributed by atoms with Crippen molar-refractivity contribution in [1.82, 2.24) is 9.62 Å². The molecule has 0 aliphatic rings. The van der Waals surface area contributed by atoms with Crippen LogP contribution in [0.5, 0.6) is 0 Å². The summed E-state index contributed by atoms with van der Waals surface area (Å²) in [5, 5.41) is 2.63. The van der Waals surface area contributed by atoms with Crippen molar-refractivity contribution in [1.29, 1.82) is 0 Å². The Morgan fingerprint density at radius 3 is 2.32 bits per heavy atom. The molecule has 168 valence electrons. The largest absolute Gasteiger partial charge is 0.452 e. The maximum absolute atomic E-state index is 13.0. The van der Waals surface area contributed by atoms with Gasteiger partial charge in [0.05, 0.1) is 21.5 Å². The first-order valence-corrected chi connectivity index (χ1v) is 11.4. The molecule has 1 atom stereocenters. The van der Waals surface area contributed by atoms with Crippen LogP contribution < -0.4 is 5.32 Å². The number of benzene rings is 2. The third kappa shape index (κ3) is 6.25. The van der Waals surface area contributed by atoms with E-state index in [4.69, 9.17) is 16.3 Å². The van der Waals surface area contributed by atoms with Crippen molar-refractivity contribution in [2.45, 2.75) is 31.7 Å². The van der Waals surface area contributed by atoms with E-state index in [-0.39, 0.29) is 28.6 Å². The Morgan fingerprint density at radius 2 is 1.74 bits per heavy atom.